The van der Waals surface area contributed by atoms with E-state index in [4.69, 9.17) is 0 Å². The zero-order chi connectivity index (χ0) is 16.6. The molecule has 1 aromatic heterocycles. The van der Waals surface area contributed by atoms with Gasteiger partial charge in [-0.1, -0.05) is 78.9 Å². The predicted octanol–water partition coefficient (Wildman–Crippen LogP) is 6.07. The summed E-state index contributed by atoms with van der Waals surface area (Å²) in [6.07, 6.45) is 2.16. The van der Waals surface area contributed by atoms with Gasteiger partial charge in [0.2, 0.25) is 0 Å². The predicted molar refractivity (Wildman–Crippen MR) is 105 cm³/mol. The summed E-state index contributed by atoms with van der Waals surface area (Å²) in [6, 6.07) is 30.2. The van der Waals surface area contributed by atoms with Crippen LogP contribution in [0.25, 0.3) is 22.0 Å². The van der Waals surface area contributed by atoms with Crippen LogP contribution in [0.15, 0.2) is 84.9 Å². The van der Waals surface area contributed by atoms with Crippen LogP contribution in [-0.4, -0.2) is 4.98 Å². The number of benzene rings is 3. The van der Waals surface area contributed by atoms with Gasteiger partial charge in [0.15, 0.2) is 0 Å². The highest BCUT2D eigenvalue weighted by Crippen LogP contribution is 2.42. The Labute approximate surface area is 147 Å². The number of rotatable bonds is 2. The number of allylic oxidation sites excluding steroid dienone is 1. The SMILES string of the molecule is c1ccc(C2=C(c3ccccc3)c3[nH]c4ccccc4c3CC2)cc1. The highest BCUT2D eigenvalue weighted by molar-refractivity contribution is 6.04. The summed E-state index contributed by atoms with van der Waals surface area (Å²) in [5.74, 6) is 0. The van der Waals surface area contributed by atoms with Gasteiger partial charge in [-0.3, -0.25) is 0 Å². The van der Waals surface area contributed by atoms with Gasteiger partial charge in [-0.15, -0.1) is 0 Å². The minimum Gasteiger partial charge on any atom is -0.354 e. The van der Waals surface area contributed by atoms with Gasteiger partial charge in [0.25, 0.3) is 0 Å². The summed E-state index contributed by atoms with van der Waals surface area (Å²) in [5, 5.41) is 1.36. The van der Waals surface area contributed by atoms with E-state index >= 15 is 0 Å². The maximum absolute atomic E-state index is 3.71. The maximum atomic E-state index is 3.71. The zero-order valence-corrected chi connectivity index (χ0v) is 14.0. The van der Waals surface area contributed by atoms with Crippen molar-refractivity contribution in [3.63, 3.8) is 0 Å². The molecule has 0 atom stereocenters. The number of aromatic amines is 1. The number of aromatic nitrogens is 1. The zero-order valence-electron chi connectivity index (χ0n) is 14.0. The molecule has 1 aliphatic carbocycles. The summed E-state index contributed by atoms with van der Waals surface area (Å²) in [6.45, 7) is 0. The lowest BCUT2D eigenvalue weighted by molar-refractivity contribution is 0.999. The van der Waals surface area contributed by atoms with Crippen molar-refractivity contribution in [1.29, 1.82) is 0 Å². The Bertz CT molecular complexity index is 1070. The molecule has 0 amide bonds. The quantitative estimate of drug-likeness (QED) is 0.461. The monoisotopic (exact) mass is 321 g/mol. The summed E-state index contributed by atoms with van der Waals surface area (Å²) in [5.41, 5.74) is 9.37. The van der Waals surface area contributed by atoms with Crippen molar-refractivity contribution < 1.29 is 0 Å². The first kappa shape index (κ1) is 14.3. The van der Waals surface area contributed by atoms with E-state index in [0.717, 1.165) is 12.8 Å². The molecular weight excluding hydrogens is 302 g/mol. The molecule has 0 spiro atoms. The molecule has 0 unspecified atom stereocenters. The Hall–Kier alpha value is -3.06. The minimum atomic E-state index is 1.07. The lowest BCUT2D eigenvalue weighted by Crippen LogP contribution is -2.05. The lowest BCUT2D eigenvalue weighted by Gasteiger charge is -2.22. The summed E-state index contributed by atoms with van der Waals surface area (Å²) < 4.78 is 0. The van der Waals surface area contributed by atoms with Crippen molar-refractivity contribution in [3.05, 3.63) is 107 Å². The molecule has 1 heterocycles. The van der Waals surface area contributed by atoms with Crippen molar-refractivity contribution in [1.82, 2.24) is 4.98 Å². The molecule has 0 saturated carbocycles. The Balaban J connectivity index is 1.84. The Morgan fingerprint density at radius 2 is 1.24 bits per heavy atom. The number of fused-ring (bicyclic) bond motifs is 3. The Kier molecular flexibility index (Phi) is 3.31. The van der Waals surface area contributed by atoms with Gasteiger partial charge in [0, 0.05) is 16.5 Å². The number of hydrogen-bond donors (Lipinski definition) is 1. The molecule has 1 aliphatic rings. The van der Waals surface area contributed by atoms with E-state index in [9.17, 15) is 0 Å². The maximum Gasteiger partial charge on any atom is 0.0506 e. The first-order chi connectivity index (χ1) is 12.4. The lowest BCUT2D eigenvalue weighted by atomic mass is 9.82. The molecule has 120 valence electrons. The molecule has 5 rings (SSSR count). The summed E-state index contributed by atoms with van der Waals surface area (Å²) in [4.78, 5) is 3.71. The van der Waals surface area contributed by atoms with Gasteiger partial charge in [0.1, 0.15) is 0 Å². The molecule has 0 aliphatic heterocycles. The normalized spacial score (nSPS) is 13.9. The van der Waals surface area contributed by atoms with Crippen LogP contribution in [0.5, 0.6) is 0 Å². The highest BCUT2D eigenvalue weighted by Gasteiger charge is 2.24. The topological polar surface area (TPSA) is 15.8 Å². The first-order valence-corrected chi connectivity index (χ1v) is 8.86. The molecule has 4 aromatic rings. The van der Waals surface area contributed by atoms with Gasteiger partial charge in [-0.05, 0) is 41.2 Å². The number of para-hydroxylation sites is 1. The smallest absolute Gasteiger partial charge is 0.0506 e. The van der Waals surface area contributed by atoms with Crippen molar-refractivity contribution in [2.75, 3.05) is 0 Å². The second-order valence-corrected chi connectivity index (χ2v) is 6.61. The number of nitrogens with one attached hydrogen (secondary N) is 1. The number of H-pyrrole nitrogens is 1. The fraction of sp³-hybridized carbons (Fsp3) is 0.0833. The van der Waals surface area contributed by atoms with Gasteiger partial charge in [-0.25, -0.2) is 0 Å². The first-order valence-electron chi connectivity index (χ1n) is 8.86. The largest absolute Gasteiger partial charge is 0.354 e. The van der Waals surface area contributed by atoms with E-state index in [1.807, 2.05) is 0 Å². The number of aryl methyl sites for hydroxylation is 1. The molecule has 0 radical (unpaired) electrons. The third-order valence-corrected chi connectivity index (χ3v) is 5.18. The third kappa shape index (κ3) is 2.32. The van der Waals surface area contributed by atoms with Crippen LogP contribution in [-0.2, 0) is 6.42 Å². The minimum absolute atomic E-state index is 1.07. The third-order valence-electron chi connectivity index (χ3n) is 5.18. The van der Waals surface area contributed by atoms with Crippen LogP contribution >= 0.6 is 0 Å². The van der Waals surface area contributed by atoms with Crippen LogP contribution in [0.2, 0.25) is 0 Å². The average Bonchev–Trinajstić information content (AvgIpc) is 3.07. The van der Waals surface area contributed by atoms with Gasteiger partial charge in [-0.2, -0.15) is 0 Å². The molecule has 0 bridgehead atoms. The van der Waals surface area contributed by atoms with Crippen LogP contribution in [0.3, 0.4) is 0 Å². The van der Waals surface area contributed by atoms with Crippen molar-refractivity contribution in [2.45, 2.75) is 12.8 Å². The average molecular weight is 321 g/mol. The fourth-order valence-electron chi connectivity index (χ4n) is 4.05. The molecule has 3 aromatic carbocycles. The van der Waals surface area contributed by atoms with Crippen LogP contribution < -0.4 is 0 Å². The molecule has 25 heavy (non-hydrogen) atoms. The molecule has 1 N–H and O–H groups in total. The van der Waals surface area contributed by atoms with Crippen LogP contribution in [0.4, 0.5) is 0 Å². The molecule has 1 nitrogen and oxygen atoms in total. The Morgan fingerprint density at radius 1 is 0.600 bits per heavy atom. The van der Waals surface area contributed by atoms with Crippen LogP contribution in [0.1, 0.15) is 28.8 Å². The second-order valence-electron chi connectivity index (χ2n) is 6.61. The van der Waals surface area contributed by atoms with Gasteiger partial charge < -0.3 is 4.98 Å². The summed E-state index contributed by atoms with van der Waals surface area (Å²) >= 11 is 0. The van der Waals surface area contributed by atoms with Crippen molar-refractivity contribution in [3.8, 4) is 0 Å². The van der Waals surface area contributed by atoms with E-state index in [2.05, 4.69) is 89.9 Å². The molecular formula is C24H19N. The molecule has 0 saturated heterocycles. The number of hydrogen-bond acceptors (Lipinski definition) is 0. The molecule has 1 heteroatoms. The van der Waals surface area contributed by atoms with Crippen LogP contribution in [0, 0.1) is 0 Å². The van der Waals surface area contributed by atoms with Crippen molar-refractivity contribution in [2.24, 2.45) is 0 Å². The standard InChI is InChI=1S/C24H19N/c1-3-9-17(10-4-1)19-15-16-21-20-13-7-8-14-22(20)25-24(21)23(19)18-11-5-2-6-12-18/h1-14,25H,15-16H2. The molecule has 0 fully saturated rings. The second kappa shape index (κ2) is 5.78. The Morgan fingerprint density at radius 3 is 2.00 bits per heavy atom. The van der Waals surface area contributed by atoms with Gasteiger partial charge >= 0.3 is 0 Å². The summed E-state index contributed by atoms with van der Waals surface area (Å²) in [7, 11) is 0. The van der Waals surface area contributed by atoms with E-state index in [1.54, 1.807) is 0 Å². The fourth-order valence-corrected chi connectivity index (χ4v) is 4.05. The van der Waals surface area contributed by atoms with Gasteiger partial charge in [0.05, 0.1) is 5.69 Å². The van der Waals surface area contributed by atoms with E-state index in [0.29, 0.717) is 0 Å². The van der Waals surface area contributed by atoms with E-state index in [1.165, 1.54) is 44.4 Å². The highest BCUT2D eigenvalue weighted by atomic mass is 14.7. The van der Waals surface area contributed by atoms with Crippen molar-refractivity contribution >= 4 is 22.0 Å². The van der Waals surface area contributed by atoms with E-state index < -0.39 is 0 Å². The van der Waals surface area contributed by atoms with E-state index in [-0.39, 0.29) is 0 Å².